The number of ether oxygens (including phenoxy) is 1. The molecule has 0 N–H and O–H groups in total. The van der Waals surface area contributed by atoms with Crippen molar-refractivity contribution < 1.29 is 4.74 Å². The molecule has 0 aromatic carbocycles. The number of hydrogen-bond acceptors (Lipinski definition) is 2. The Balaban J connectivity index is 1.39. The molecule has 0 spiro atoms. The van der Waals surface area contributed by atoms with Gasteiger partial charge in [-0.2, -0.15) is 0 Å². The fraction of sp³-hybridized carbons (Fsp3) is 0.846. The van der Waals surface area contributed by atoms with Crippen molar-refractivity contribution in [3.63, 3.8) is 0 Å². The molecule has 158 valence electrons. The average Bonchev–Trinajstić information content (AvgIpc) is 2.96. The molecule has 4 aliphatic carbocycles. The summed E-state index contributed by atoms with van der Waals surface area (Å²) in [6.45, 7) is 11.7. The van der Waals surface area contributed by atoms with Crippen molar-refractivity contribution in [3.8, 4) is 0 Å². The zero-order valence-corrected chi connectivity index (χ0v) is 18.9. The number of unbranched alkanes of at least 4 members (excludes halogenated alkanes) is 1. The first kappa shape index (κ1) is 20.7. The highest BCUT2D eigenvalue weighted by molar-refractivity contribution is 5.28. The molecule has 0 aromatic heterocycles. The maximum atomic E-state index is 6.29. The third kappa shape index (κ3) is 3.54. The maximum Gasteiger partial charge on any atom is 0.0758 e. The van der Waals surface area contributed by atoms with E-state index in [-0.39, 0.29) is 0 Å². The Hall–Kier alpha value is -0.600. The summed E-state index contributed by atoms with van der Waals surface area (Å²) < 4.78 is 6.29. The fourth-order valence-electron chi connectivity index (χ4n) is 7.50. The molecule has 3 unspecified atom stereocenters. The minimum atomic E-state index is 0.374. The van der Waals surface area contributed by atoms with Crippen LogP contribution in [0.1, 0.15) is 78.1 Å². The number of rotatable bonds is 6. The molecule has 2 nitrogen and oxygen atoms in total. The molecule has 0 aromatic rings. The van der Waals surface area contributed by atoms with Crippen molar-refractivity contribution >= 4 is 0 Å². The van der Waals surface area contributed by atoms with Crippen LogP contribution in [0.5, 0.6) is 0 Å². The van der Waals surface area contributed by atoms with Crippen LogP contribution in [0.3, 0.4) is 0 Å². The fourth-order valence-corrected chi connectivity index (χ4v) is 7.50. The van der Waals surface area contributed by atoms with Crippen molar-refractivity contribution in [2.45, 2.75) is 84.2 Å². The van der Waals surface area contributed by atoms with E-state index >= 15 is 0 Å². The van der Waals surface area contributed by atoms with Gasteiger partial charge in [-0.05, 0) is 113 Å². The van der Waals surface area contributed by atoms with E-state index in [1.54, 1.807) is 11.1 Å². The van der Waals surface area contributed by atoms with E-state index in [1.807, 2.05) is 0 Å². The van der Waals surface area contributed by atoms with Gasteiger partial charge in [-0.3, -0.25) is 0 Å². The van der Waals surface area contributed by atoms with E-state index in [0.29, 0.717) is 16.9 Å². The molecule has 0 amide bonds. The predicted molar refractivity (Wildman–Crippen MR) is 118 cm³/mol. The zero-order valence-electron chi connectivity index (χ0n) is 18.9. The van der Waals surface area contributed by atoms with Gasteiger partial charge in [-0.1, -0.05) is 37.6 Å². The van der Waals surface area contributed by atoms with Crippen molar-refractivity contribution in [3.05, 3.63) is 23.8 Å². The summed E-state index contributed by atoms with van der Waals surface area (Å²) in [7, 11) is 4.30. The van der Waals surface area contributed by atoms with Gasteiger partial charge in [0.25, 0.3) is 0 Å². The number of fused-ring (bicyclic) bond motifs is 5. The standard InChI is InChI=1S/C26H43NO/c1-19-8-11-23-22-10-9-20-18-21(28-17-7-6-16-27(4)5)12-14-26(20,3)24(22)13-15-25(19,23)2/h18,21-24H,1,6-17H2,2-5H3/t21-,22?,23?,24?,25+,26-/m0/s1. The molecule has 0 saturated heterocycles. The smallest absolute Gasteiger partial charge is 0.0758 e. The Labute approximate surface area is 173 Å². The molecule has 0 bridgehead atoms. The minimum Gasteiger partial charge on any atom is -0.374 e. The minimum absolute atomic E-state index is 0.374. The lowest BCUT2D eigenvalue weighted by Crippen LogP contribution is -2.49. The predicted octanol–water partition coefficient (Wildman–Crippen LogP) is 6.23. The summed E-state index contributed by atoms with van der Waals surface area (Å²) in [6, 6.07) is 0. The van der Waals surface area contributed by atoms with Crippen LogP contribution in [-0.2, 0) is 4.74 Å². The Bertz CT molecular complexity index is 622. The summed E-state index contributed by atoms with van der Waals surface area (Å²) in [5.41, 5.74) is 4.21. The van der Waals surface area contributed by atoms with Crippen LogP contribution in [-0.4, -0.2) is 38.3 Å². The normalized spacial score (nSPS) is 42.8. The molecular weight excluding hydrogens is 342 g/mol. The highest BCUT2D eigenvalue weighted by Crippen LogP contribution is 2.66. The molecule has 6 atom stereocenters. The third-order valence-electron chi connectivity index (χ3n) is 9.36. The van der Waals surface area contributed by atoms with Gasteiger partial charge in [0.2, 0.25) is 0 Å². The number of nitrogens with zero attached hydrogens (tertiary/aromatic N) is 1. The second-order valence-electron chi connectivity index (χ2n) is 11.1. The molecule has 3 fully saturated rings. The van der Waals surface area contributed by atoms with E-state index in [9.17, 15) is 0 Å². The molecule has 3 saturated carbocycles. The van der Waals surface area contributed by atoms with Gasteiger partial charge in [0.05, 0.1) is 6.10 Å². The molecule has 4 rings (SSSR count). The van der Waals surface area contributed by atoms with Crippen LogP contribution >= 0.6 is 0 Å². The molecule has 4 aliphatic rings. The Morgan fingerprint density at radius 3 is 2.54 bits per heavy atom. The van der Waals surface area contributed by atoms with E-state index in [2.05, 4.69) is 45.5 Å². The summed E-state index contributed by atoms with van der Waals surface area (Å²) in [5, 5.41) is 0. The molecular formula is C26H43NO. The molecule has 28 heavy (non-hydrogen) atoms. The SMILES string of the molecule is C=C1CCC2C3CCC4=C[C@@H](OCCCCN(C)C)CC[C@]4(C)C3CC[C@]12C. The van der Waals surface area contributed by atoms with Gasteiger partial charge >= 0.3 is 0 Å². The van der Waals surface area contributed by atoms with Crippen molar-refractivity contribution in [2.24, 2.45) is 28.6 Å². The van der Waals surface area contributed by atoms with Crippen LogP contribution in [0.25, 0.3) is 0 Å². The second-order valence-corrected chi connectivity index (χ2v) is 11.1. The summed E-state index contributed by atoms with van der Waals surface area (Å²) in [4.78, 5) is 2.27. The quantitative estimate of drug-likeness (QED) is 0.397. The highest BCUT2D eigenvalue weighted by atomic mass is 16.5. The Morgan fingerprint density at radius 1 is 1.00 bits per heavy atom. The van der Waals surface area contributed by atoms with Gasteiger partial charge in [0, 0.05) is 6.61 Å². The van der Waals surface area contributed by atoms with Gasteiger partial charge in [-0.25, -0.2) is 0 Å². The summed E-state index contributed by atoms with van der Waals surface area (Å²) in [6.07, 6.45) is 16.1. The van der Waals surface area contributed by atoms with Crippen LogP contribution in [0.2, 0.25) is 0 Å². The molecule has 0 heterocycles. The third-order valence-corrected chi connectivity index (χ3v) is 9.36. The van der Waals surface area contributed by atoms with Crippen LogP contribution < -0.4 is 0 Å². The lowest BCUT2D eigenvalue weighted by Gasteiger charge is -2.58. The average molecular weight is 386 g/mol. The van der Waals surface area contributed by atoms with Crippen LogP contribution in [0, 0.1) is 28.6 Å². The Morgan fingerprint density at radius 2 is 1.75 bits per heavy atom. The largest absolute Gasteiger partial charge is 0.374 e. The first-order chi connectivity index (χ1) is 13.3. The van der Waals surface area contributed by atoms with Crippen LogP contribution in [0.4, 0.5) is 0 Å². The van der Waals surface area contributed by atoms with Gasteiger partial charge in [0.15, 0.2) is 0 Å². The van der Waals surface area contributed by atoms with E-state index < -0.39 is 0 Å². The first-order valence-electron chi connectivity index (χ1n) is 12.0. The lowest BCUT2D eigenvalue weighted by atomic mass is 9.47. The summed E-state index contributed by atoms with van der Waals surface area (Å²) >= 11 is 0. The number of allylic oxidation sites excluding steroid dienone is 2. The van der Waals surface area contributed by atoms with E-state index in [1.165, 1.54) is 70.8 Å². The van der Waals surface area contributed by atoms with E-state index in [0.717, 1.165) is 24.4 Å². The van der Waals surface area contributed by atoms with E-state index in [4.69, 9.17) is 4.74 Å². The van der Waals surface area contributed by atoms with Gasteiger partial charge in [-0.15, -0.1) is 0 Å². The lowest BCUT2D eigenvalue weighted by molar-refractivity contribution is -0.0370. The van der Waals surface area contributed by atoms with Gasteiger partial charge in [0.1, 0.15) is 0 Å². The van der Waals surface area contributed by atoms with Crippen molar-refractivity contribution in [1.29, 1.82) is 0 Å². The Kier molecular flexibility index (Phi) is 5.84. The number of hydrogen-bond donors (Lipinski definition) is 0. The topological polar surface area (TPSA) is 12.5 Å². The highest BCUT2D eigenvalue weighted by Gasteiger charge is 2.57. The molecule has 2 heteroatoms. The maximum absolute atomic E-state index is 6.29. The monoisotopic (exact) mass is 385 g/mol. The molecule has 0 aliphatic heterocycles. The zero-order chi connectivity index (χ0) is 19.9. The summed E-state index contributed by atoms with van der Waals surface area (Å²) in [5.74, 6) is 2.74. The van der Waals surface area contributed by atoms with Crippen molar-refractivity contribution in [2.75, 3.05) is 27.2 Å². The second kappa shape index (κ2) is 7.91. The van der Waals surface area contributed by atoms with Crippen LogP contribution in [0.15, 0.2) is 23.8 Å². The van der Waals surface area contributed by atoms with Gasteiger partial charge < -0.3 is 9.64 Å². The van der Waals surface area contributed by atoms with Crippen molar-refractivity contribution in [1.82, 2.24) is 4.90 Å². The molecule has 0 radical (unpaired) electrons. The first-order valence-corrected chi connectivity index (χ1v) is 12.0.